The third-order valence-corrected chi connectivity index (χ3v) is 6.83. The van der Waals surface area contributed by atoms with Crippen molar-refractivity contribution in [2.75, 3.05) is 24.4 Å². The number of nitrogens with one attached hydrogen (secondary N) is 2. The van der Waals surface area contributed by atoms with Gasteiger partial charge in [-0.05, 0) is 60.7 Å². The van der Waals surface area contributed by atoms with Crippen LogP contribution in [0, 0.1) is 0 Å². The number of hydrogen-bond acceptors (Lipinski definition) is 5. The van der Waals surface area contributed by atoms with Crippen LogP contribution in [0.2, 0.25) is 5.02 Å². The Morgan fingerprint density at radius 2 is 1.74 bits per heavy atom. The van der Waals surface area contributed by atoms with Crippen LogP contribution in [0.5, 0.6) is 11.5 Å². The Kier molecular flexibility index (Phi) is 6.20. The fraction of sp³-hybridized carbons (Fsp3) is 0.250. The van der Waals surface area contributed by atoms with Gasteiger partial charge in [-0.1, -0.05) is 48.0 Å². The van der Waals surface area contributed by atoms with E-state index in [0.717, 1.165) is 33.8 Å². The van der Waals surface area contributed by atoms with Crippen molar-refractivity contribution in [3.63, 3.8) is 0 Å². The highest BCUT2D eigenvalue weighted by atomic mass is 35.5. The average Bonchev–Trinajstić information content (AvgIpc) is 3.01. The van der Waals surface area contributed by atoms with Gasteiger partial charge in [0.05, 0.1) is 31.1 Å². The number of Topliss-reactive ketones (excluding diaryl/α,β-unsaturated/α-hetero) is 1. The second-order valence-electron chi connectivity index (χ2n) is 8.53. The van der Waals surface area contributed by atoms with Crippen LogP contribution in [0.25, 0.3) is 0 Å². The van der Waals surface area contributed by atoms with E-state index in [1.54, 1.807) is 7.11 Å². The number of ketones is 1. The van der Waals surface area contributed by atoms with Gasteiger partial charge in [-0.2, -0.15) is 0 Å². The zero-order chi connectivity index (χ0) is 23.7. The summed E-state index contributed by atoms with van der Waals surface area (Å²) >= 11 is 6.60. The molecule has 0 fully saturated rings. The van der Waals surface area contributed by atoms with Crippen LogP contribution < -0.4 is 20.1 Å². The molecule has 0 saturated heterocycles. The van der Waals surface area contributed by atoms with Crippen molar-refractivity contribution in [3.8, 4) is 11.5 Å². The molecule has 1 aliphatic heterocycles. The van der Waals surface area contributed by atoms with Gasteiger partial charge in [0.25, 0.3) is 0 Å². The number of carbonyl (C=O) groups excluding carboxylic acids is 1. The molecule has 5 rings (SSSR count). The van der Waals surface area contributed by atoms with E-state index in [1.165, 1.54) is 0 Å². The van der Waals surface area contributed by atoms with Gasteiger partial charge in [-0.15, -0.1) is 0 Å². The number of fused-ring (bicyclic) bond motifs is 1. The van der Waals surface area contributed by atoms with Crippen LogP contribution in [0.4, 0.5) is 11.4 Å². The molecular weight excluding hydrogens is 448 g/mol. The Balaban J connectivity index is 1.57. The molecule has 0 bridgehead atoms. The molecule has 34 heavy (non-hydrogen) atoms. The van der Waals surface area contributed by atoms with Gasteiger partial charge < -0.3 is 20.1 Å². The van der Waals surface area contributed by atoms with E-state index >= 15 is 0 Å². The second kappa shape index (κ2) is 9.43. The van der Waals surface area contributed by atoms with Crippen LogP contribution in [0.1, 0.15) is 42.9 Å². The molecule has 1 heterocycles. The number of carbonyl (C=O) groups is 1. The maximum atomic E-state index is 13.7. The summed E-state index contributed by atoms with van der Waals surface area (Å²) < 4.78 is 11.2. The SMILES string of the molecule is CCOc1ccc([C@@H]2CC(=O)C3=C(C2)Nc2ccccc2N[C@@H]3c2ccccc2Cl)cc1OC. The summed E-state index contributed by atoms with van der Waals surface area (Å²) in [5.74, 6) is 1.53. The molecule has 0 amide bonds. The predicted molar refractivity (Wildman–Crippen MR) is 136 cm³/mol. The van der Waals surface area contributed by atoms with Crippen molar-refractivity contribution >= 4 is 28.8 Å². The van der Waals surface area contributed by atoms with E-state index in [9.17, 15) is 4.79 Å². The standard InChI is InChI=1S/C28H27ClN2O3/c1-3-34-25-13-12-17(16-26(25)33-2)18-14-23-27(24(32)15-18)28(19-8-4-5-9-20(19)29)31-22-11-7-6-10-21(22)30-23/h4-13,16,18,28,30-31H,3,14-15H2,1-2H3/t18-,28+/m0/s1. The van der Waals surface area contributed by atoms with E-state index in [-0.39, 0.29) is 17.7 Å². The maximum absolute atomic E-state index is 13.7. The van der Waals surface area contributed by atoms with Gasteiger partial charge in [0.2, 0.25) is 0 Å². The molecular formula is C28H27ClN2O3. The second-order valence-corrected chi connectivity index (χ2v) is 8.94. The zero-order valence-corrected chi connectivity index (χ0v) is 20.0. The lowest BCUT2D eigenvalue weighted by Crippen LogP contribution is -2.27. The lowest BCUT2D eigenvalue weighted by atomic mass is 9.78. The number of allylic oxidation sites excluding steroid dienone is 1. The Labute approximate surface area is 204 Å². The summed E-state index contributed by atoms with van der Waals surface area (Å²) in [6.07, 6.45) is 1.12. The number of methoxy groups -OCH3 is 1. The Bertz CT molecular complexity index is 1270. The summed E-state index contributed by atoms with van der Waals surface area (Å²) in [7, 11) is 1.64. The van der Waals surface area contributed by atoms with Crippen molar-refractivity contribution < 1.29 is 14.3 Å². The number of benzene rings is 3. The number of hydrogen-bond donors (Lipinski definition) is 2. The first-order valence-corrected chi connectivity index (χ1v) is 11.9. The lowest BCUT2D eigenvalue weighted by Gasteiger charge is -2.30. The van der Waals surface area contributed by atoms with Gasteiger partial charge in [0, 0.05) is 22.7 Å². The van der Waals surface area contributed by atoms with Crippen LogP contribution in [0.15, 0.2) is 78.0 Å². The Morgan fingerprint density at radius 1 is 0.971 bits per heavy atom. The normalized spacial score (nSPS) is 19.3. The minimum absolute atomic E-state index is 0.0282. The smallest absolute Gasteiger partial charge is 0.163 e. The molecule has 6 heteroatoms. The molecule has 2 aliphatic rings. The van der Waals surface area contributed by atoms with E-state index in [0.29, 0.717) is 36.0 Å². The molecule has 2 atom stereocenters. The number of halogens is 1. The highest BCUT2D eigenvalue weighted by Gasteiger charge is 2.36. The lowest BCUT2D eigenvalue weighted by molar-refractivity contribution is -0.116. The fourth-order valence-corrected chi connectivity index (χ4v) is 5.13. The highest BCUT2D eigenvalue weighted by molar-refractivity contribution is 6.31. The monoisotopic (exact) mass is 474 g/mol. The van der Waals surface area contributed by atoms with E-state index in [1.807, 2.05) is 73.7 Å². The van der Waals surface area contributed by atoms with Crippen LogP contribution >= 0.6 is 11.6 Å². The molecule has 174 valence electrons. The fourth-order valence-electron chi connectivity index (χ4n) is 4.88. The molecule has 3 aromatic carbocycles. The quantitative estimate of drug-likeness (QED) is 0.429. The first kappa shape index (κ1) is 22.4. The van der Waals surface area contributed by atoms with Gasteiger partial charge in [0.1, 0.15) is 0 Å². The molecule has 0 aromatic heterocycles. The van der Waals surface area contributed by atoms with Crippen LogP contribution in [-0.2, 0) is 4.79 Å². The number of ether oxygens (including phenoxy) is 2. The third kappa shape index (κ3) is 4.12. The largest absolute Gasteiger partial charge is 0.493 e. The molecule has 0 saturated carbocycles. The van der Waals surface area contributed by atoms with Gasteiger partial charge >= 0.3 is 0 Å². The number of para-hydroxylation sites is 2. The molecule has 0 unspecified atom stereocenters. The molecule has 1 aliphatic carbocycles. The summed E-state index contributed by atoms with van der Waals surface area (Å²) in [5.41, 5.74) is 5.51. The predicted octanol–water partition coefficient (Wildman–Crippen LogP) is 6.73. The molecule has 3 aromatic rings. The van der Waals surface area contributed by atoms with E-state index in [4.69, 9.17) is 21.1 Å². The Hall–Kier alpha value is -3.44. The van der Waals surface area contributed by atoms with Crippen molar-refractivity contribution in [1.82, 2.24) is 0 Å². The number of anilines is 2. The zero-order valence-electron chi connectivity index (χ0n) is 19.2. The van der Waals surface area contributed by atoms with Crippen molar-refractivity contribution in [2.24, 2.45) is 0 Å². The molecule has 2 N–H and O–H groups in total. The van der Waals surface area contributed by atoms with Gasteiger partial charge in [0.15, 0.2) is 17.3 Å². The van der Waals surface area contributed by atoms with Gasteiger partial charge in [-0.3, -0.25) is 4.79 Å². The summed E-state index contributed by atoms with van der Waals surface area (Å²) in [6, 6.07) is 21.3. The van der Waals surface area contributed by atoms with Crippen molar-refractivity contribution in [2.45, 2.75) is 31.7 Å². The van der Waals surface area contributed by atoms with Crippen molar-refractivity contribution in [3.05, 3.63) is 94.1 Å². The van der Waals surface area contributed by atoms with E-state index < -0.39 is 0 Å². The topological polar surface area (TPSA) is 59.6 Å². The minimum Gasteiger partial charge on any atom is -0.493 e. The van der Waals surface area contributed by atoms with Crippen molar-refractivity contribution in [1.29, 1.82) is 0 Å². The number of rotatable bonds is 5. The van der Waals surface area contributed by atoms with Gasteiger partial charge in [-0.25, -0.2) is 0 Å². The summed E-state index contributed by atoms with van der Waals surface area (Å²) in [4.78, 5) is 13.7. The van der Waals surface area contributed by atoms with Crippen LogP contribution in [-0.4, -0.2) is 19.5 Å². The summed E-state index contributed by atoms with van der Waals surface area (Å²) in [5, 5.41) is 7.78. The van der Waals surface area contributed by atoms with E-state index in [2.05, 4.69) is 10.6 Å². The maximum Gasteiger partial charge on any atom is 0.163 e. The van der Waals surface area contributed by atoms with Crippen LogP contribution in [0.3, 0.4) is 0 Å². The first-order valence-electron chi connectivity index (χ1n) is 11.5. The average molecular weight is 475 g/mol. The minimum atomic E-state index is -0.330. The third-order valence-electron chi connectivity index (χ3n) is 6.48. The highest BCUT2D eigenvalue weighted by Crippen LogP contribution is 2.46. The summed E-state index contributed by atoms with van der Waals surface area (Å²) in [6.45, 7) is 2.51. The molecule has 5 nitrogen and oxygen atoms in total. The molecule has 0 spiro atoms. The first-order chi connectivity index (χ1) is 16.6. The molecule has 0 radical (unpaired) electrons. The Morgan fingerprint density at radius 3 is 2.50 bits per heavy atom.